The number of hydrogen-bond acceptors (Lipinski definition) is 6. The summed E-state index contributed by atoms with van der Waals surface area (Å²) in [6.45, 7) is 3.50. The molecule has 0 aliphatic heterocycles. The topological polar surface area (TPSA) is 154 Å². The number of alkyl carbamates (subject to hydrolysis) is 1. The number of aliphatic hydroxyl groups excluding tert-OH is 1. The predicted molar refractivity (Wildman–Crippen MR) is 136 cm³/mol. The second-order valence-corrected chi connectivity index (χ2v) is 9.34. The van der Waals surface area contributed by atoms with Crippen molar-refractivity contribution < 1.29 is 34.1 Å². The number of nitrogens with one attached hydrogen (secondary N) is 3. The minimum atomic E-state index is -1.28. The van der Waals surface area contributed by atoms with Crippen LogP contribution >= 0.6 is 0 Å². The molecule has 0 bridgehead atoms. The second kappa shape index (κ2) is 12.9. The van der Waals surface area contributed by atoms with E-state index in [0.717, 1.165) is 22.3 Å². The second-order valence-electron chi connectivity index (χ2n) is 9.34. The zero-order valence-corrected chi connectivity index (χ0v) is 20.9. The number of hydrogen-bond donors (Lipinski definition) is 5. The predicted octanol–water partition coefficient (Wildman–Crippen LogP) is 2.01. The third kappa shape index (κ3) is 7.29. The molecule has 0 radical (unpaired) electrons. The first-order valence-corrected chi connectivity index (χ1v) is 12.2. The van der Waals surface area contributed by atoms with Gasteiger partial charge in [0.15, 0.2) is 0 Å². The average Bonchev–Trinajstić information content (AvgIpc) is 3.20. The number of aliphatic carboxylic acids is 1. The third-order valence-corrected chi connectivity index (χ3v) is 6.10. The van der Waals surface area contributed by atoms with Crippen LogP contribution in [0.25, 0.3) is 11.1 Å². The maximum Gasteiger partial charge on any atom is 0.407 e. The van der Waals surface area contributed by atoms with Gasteiger partial charge in [0.05, 0.1) is 6.61 Å². The van der Waals surface area contributed by atoms with E-state index in [9.17, 15) is 24.3 Å². The van der Waals surface area contributed by atoms with Gasteiger partial charge in [0.1, 0.15) is 18.7 Å². The summed E-state index contributed by atoms with van der Waals surface area (Å²) in [5.41, 5.74) is 4.18. The highest BCUT2D eigenvalue weighted by Gasteiger charge is 2.31. The first kappa shape index (κ1) is 27.7. The molecule has 2 atom stereocenters. The van der Waals surface area contributed by atoms with Crippen LogP contribution in [0.1, 0.15) is 43.7 Å². The summed E-state index contributed by atoms with van der Waals surface area (Å²) >= 11 is 0. The molecule has 5 N–H and O–H groups in total. The van der Waals surface area contributed by atoms with Gasteiger partial charge >= 0.3 is 12.1 Å². The van der Waals surface area contributed by atoms with Crippen molar-refractivity contribution >= 4 is 23.9 Å². The smallest absolute Gasteiger partial charge is 0.407 e. The van der Waals surface area contributed by atoms with Gasteiger partial charge in [-0.05, 0) is 34.6 Å². The van der Waals surface area contributed by atoms with E-state index in [2.05, 4.69) is 16.0 Å². The number of carbonyl (C=O) groups is 4. The van der Waals surface area contributed by atoms with E-state index >= 15 is 0 Å². The summed E-state index contributed by atoms with van der Waals surface area (Å²) in [6, 6.07) is 13.2. The minimum absolute atomic E-state index is 0.0179. The van der Waals surface area contributed by atoms with Gasteiger partial charge in [-0.25, -0.2) is 4.79 Å². The number of carboxylic acid groups (broad SMARTS) is 1. The number of aliphatic hydroxyl groups is 1. The van der Waals surface area contributed by atoms with E-state index in [1.54, 1.807) is 0 Å². The van der Waals surface area contributed by atoms with Crippen molar-refractivity contribution in [3.63, 3.8) is 0 Å². The number of ether oxygens (including phenoxy) is 1. The first-order chi connectivity index (χ1) is 17.7. The Morgan fingerprint density at radius 2 is 1.49 bits per heavy atom. The van der Waals surface area contributed by atoms with Gasteiger partial charge < -0.3 is 30.9 Å². The lowest BCUT2D eigenvalue weighted by molar-refractivity contribution is -0.137. The molecule has 2 aromatic rings. The minimum Gasteiger partial charge on any atom is -0.481 e. The van der Waals surface area contributed by atoms with Crippen LogP contribution in [0.5, 0.6) is 0 Å². The molecule has 0 saturated heterocycles. The van der Waals surface area contributed by atoms with Crippen molar-refractivity contribution in [2.45, 2.75) is 44.7 Å². The summed E-state index contributed by atoms with van der Waals surface area (Å²) in [7, 11) is 0. The lowest BCUT2D eigenvalue weighted by Crippen LogP contribution is -2.55. The van der Waals surface area contributed by atoms with Gasteiger partial charge in [-0.2, -0.15) is 0 Å². The van der Waals surface area contributed by atoms with E-state index in [-0.39, 0.29) is 24.9 Å². The quantitative estimate of drug-likeness (QED) is 0.292. The monoisotopic (exact) mass is 511 g/mol. The number of amides is 3. The normalized spacial score (nSPS) is 13.7. The van der Waals surface area contributed by atoms with Crippen molar-refractivity contribution in [2.24, 2.45) is 5.92 Å². The van der Waals surface area contributed by atoms with Crippen LogP contribution in [0.3, 0.4) is 0 Å². The zero-order valence-electron chi connectivity index (χ0n) is 20.9. The summed E-state index contributed by atoms with van der Waals surface area (Å²) in [4.78, 5) is 48.9. The molecule has 0 unspecified atom stereocenters. The molecule has 0 saturated carbocycles. The Bertz CT molecular complexity index is 1090. The van der Waals surface area contributed by atoms with Gasteiger partial charge in [-0.3, -0.25) is 14.4 Å². The Morgan fingerprint density at radius 3 is 2.03 bits per heavy atom. The largest absolute Gasteiger partial charge is 0.481 e. The van der Waals surface area contributed by atoms with Crippen LogP contribution < -0.4 is 16.0 Å². The number of fused-ring (bicyclic) bond motifs is 3. The average molecular weight is 512 g/mol. The fourth-order valence-corrected chi connectivity index (χ4v) is 4.21. The van der Waals surface area contributed by atoms with Gasteiger partial charge in [-0.1, -0.05) is 62.4 Å². The SMILES string of the molecule is CC(C)CNC(=O)[C@@H](CO)NC(=O)[C@H](CCC(=O)O)NC(=O)OCC1c2ccccc2-c2ccccc21. The van der Waals surface area contributed by atoms with Gasteiger partial charge in [0.2, 0.25) is 11.8 Å². The maximum absolute atomic E-state index is 12.8. The van der Waals surface area contributed by atoms with Gasteiger partial charge in [0.25, 0.3) is 0 Å². The molecule has 198 valence electrons. The van der Waals surface area contributed by atoms with Gasteiger partial charge in [0, 0.05) is 18.9 Å². The molecule has 2 aromatic carbocycles. The molecule has 37 heavy (non-hydrogen) atoms. The molecule has 0 fully saturated rings. The Hall–Kier alpha value is -3.92. The summed E-state index contributed by atoms with van der Waals surface area (Å²) < 4.78 is 5.46. The molecule has 10 nitrogen and oxygen atoms in total. The standard InChI is InChI=1S/C27H33N3O7/c1-16(2)13-28-25(34)23(14-31)29-26(35)22(11-12-24(32)33)30-27(36)37-15-21-19-9-5-3-7-17(19)18-8-4-6-10-20(18)21/h3-10,16,21-23,31H,11-15H2,1-2H3,(H,28,34)(H,29,35)(H,30,36)(H,32,33)/t22-,23+/m0/s1. The van der Waals surface area contributed by atoms with Crippen LogP contribution in [0, 0.1) is 5.92 Å². The molecule has 0 aromatic heterocycles. The number of benzene rings is 2. The highest BCUT2D eigenvalue weighted by Crippen LogP contribution is 2.44. The highest BCUT2D eigenvalue weighted by molar-refractivity contribution is 5.91. The summed E-state index contributed by atoms with van der Waals surface area (Å²) in [5, 5.41) is 26.1. The van der Waals surface area contributed by atoms with Crippen molar-refractivity contribution in [1.82, 2.24) is 16.0 Å². The molecular weight excluding hydrogens is 478 g/mol. The number of carbonyl (C=O) groups excluding carboxylic acids is 3. The number of carboxylic acids is 1. The van der Waals surface area contributed by atoms with Crippen LogP contribution in [0.4, 0.5) is 4.79 Å². The molecular formula is C27H33N3O7. The van der Waals surface area contributed by atoms with Gasteiger partial charge in [-0.15, -0.1) is 0 Å². The molecule has 3 rings (SSSR count). The molecule has 1 aliphatic carbocycles. The van der Waals surface area contributed by atoms with Crippen LogP contribution in [0.2, 0.25) is 0 Å². The Morgan fingerprint density at radius 1 is 0.892 bits per heavy atom. The maximum atomic E-state index is 12.8. The third-order valence-electron chi connectivity index (χ3n) is 6.10. The lowest BCUT2D eigenvalue weighted by atomic mass is 9.98. The fraction of sp³-hybridized carbons (Fsp3) is 0.407. The van der Waals surface area contributed by atoms with E-state index in [1.807, 2.05) is 62.4 Å². The van der Waals surface area contributed by atoms with Crippen LogP contribution in [-0.4, -0.2) is 65.9 Å². The Balaban J connectivity index is 1.64. The molecule has 1 aliphatic rings. The fourth-order valence-electron chi connectivity index (χ4n) is 4.21. The highest BCUT2D eigenvalue weighted by atomic mass is 16.5. The lowest BCUT2D eigenvalue weighted by Gasteiger charge is -2.22. The Kier molecular flexibility index (Phi) is 9.62. The summed E-state index contributed by atoms with van der Waals surface area (Å²) in [6.07, 6.45) is -1.51. The van der Waals surface area contributed by atoms with Crippen molar-refractivity contribution in [2.75, 3.05) is 19.8 Å². The van der Waals surface area contributed by atoms with Crippen molar-refractivity contribution in [1.29, 1.82) is 0 Å². The van der Waals surface area contributed by atoms with Crippen LogP contribution in [0.15, 0.2) is 48.5 Å². The first-order valence-electron chi connectivity index (χ1n) is 12.2. The number of rotatable bonds is 12. The molecule has 3 amide bonds. The molecule has 10 heteroatoms. The van der Waals surface area contributed by atoms with Crippen LogP contribution in [-0.2, 0) is 19.1 Å². The van der Waals surface area contributed by atoms with Crippen molar-refractivity contribution in [3.05, 3.63) is 59.7 Å². The summed E-state index contributed by atoms with van der Waals surface area (Å²) in [5.74, 6) is -2.55. The van der Waals surface area contributed by atoms with E-state index < -0.39 is 49.0 Å². The van der Waals surface area contributed by atoms with E-state index in [4.69, 9.17) is 9.84 Å². The zero-order chi connectivity index (χ0) is 26.9. The molecule has 0 heterocycles. The molecule has 0 spiro atoms. The van der Waals surface area contributed by atoms with E-state index in [1.165, 1.54) is 0 Å². The Labute approximate surface area is 215 Å². The van der Waals surface area contributed by atoms with E-state index in [0.29, 0.717) is 6.54 Å². The van der Waals surface area contributed by atoms with Crippen molar-refractivity contribution in [3.8, 4) is 11.1 Å².